The van der Waals surface area contributed by atoms with Gasteiger partial charge in [-0.25, -0.2) is 4.98 Å². The van der Waals surface area contributed by atoms with Gasteiger partial charge in [-0.05, 0) is 12.8 Å². The van der Waals surface area contributed by atoms with Crippen molar-refractivity contribution >= 4 is 11.8 Å². The topological polar surface area (TPSA) is 81.1 Å². The second kappa shape index (κ2) is 3.32. The molecule has 1 saturated carbocycles. The largest absolute Gasteiger partial charge is 0.481 e. The van der Waals surface area contributed by atoms with Crippen molar-refractivity contribution in [2.24, 2.45) is 5.92 Å². The zero-order valence-corrected chi connectivity index (χ0v) is 7.76. The normalized spacial score (nSPS) is 26.6. The summed E-state index contributed by atoms with van der Waals surface area (Å²) in [6.07, 6.45) is 5.91. The van der Waals surface area contributed by atoms with E-state index in [2.05, 4.69) is 4.98 Å². The highest BCUT2D eigenvalue weighted by Crippen LogP contribution is 2.35. The van der Waals surface area contributed by atoms with Crippen LogP contribution in [-0.2, 0) is 4.79 Å². The molecule has 1 aromatic heterocycles. The second-order valence-electron chi connectivity index (χ2n) is 3.69. The van der Waals surface area contributed by atoms with E-state index in [0.717, 1.165) is 19.3 Å². The fourth-order valence-corrected chi connectivity index (χ4v) is 2.12. The van der Waals surface area contributed by atoms with Crippen LogP contribution in [0.25, 0.3) is 0 Å². The number of imidazole rings is 1. The molecule has 0 saturated heterocycles. The number of carboxylic acid groups (broad SMARTS) is 1. The Labute approximate surface area is 81.5 Å². The van der Waals surface area contributed by atoms with Gasteiger partial charge in [-0.3, -0.25) is 4.79 Å². The first-order valence-electron chi connectivity index (χ1n) is 4.70. The number of hydrogen-bond acceptors (Lipinski definition) is 3. The SMILES string of the molecule is Nc1cn(C2CCCC2C(=O)O)cn1. The van der Waals surface area contributed by atoms with Gasteiger partial charge in [-0.2, -0.15) is 0 Å². The third kappa shape index (κ3) is 1.45. The van der Waals surface area contributed by atoms with Crippen molar-refractivity contribution in [2.45, 2.75) is 25.3 Å². The molecule has 0 aliphatic heterocycles. The Bertz CT molecular complexity index is 348. The molecule has 5 heteroatoms. The molecule has 76 valence electrons. The lowest BCUT2D eigenvalue weighted by molar-refractivity contribution is -0.142. The van der Waals surface area contributed by atoms with E-state index < -0.39 is 5.97 Å². The first-order chi connectivity index (χ1) is 6.68. The van der Waals surface area contributed by atoms with Crippen LogP contribution in [0.4, 0.5) is 5.82 Å². The molecule has 2 atom stereocenters. The predicted molar refractivity (Wildman–Crippen MR) is 50.7 cm³/mol. The monoisotopic (exact) mass is 195 g/mol. The molecule has 14 heavy (non-hydrogen) atoms. The predicted octanol–water partition coefficient (Wildman–Crippen LogP) is 0.891. The molecule has 2 rings (SSSR count). The van der Waals surface area contributed by atoms with Gasteiger partial charge in [0.05, 0.1) is 12.2 Å². The number of nitrogens with zero attached hydrogens (tertiary/aromatic N) is 2. The molecular formula is C9H13N3O2. The molecule has 1 aliphatic rings. The number of rotatable bonds is 2. The highest BCUT2D eigenvalue weighted by molar-refractivity contribution is 5.71. The van der Waals surface area contributed by atoms with E-state index in [4.69, 9.17) is 10.8 Å². The summed E-state index contributed by atoms with van der Waals surface area (Å²) >= 11 is 0. The summed E-state index contributed by atoms with van der Waals surface area (Å²) in [4.78, 5) is 14.8. The van der Waals surface area contributed by atoms with Crippen molar-refractivity contribution < 1.29 is 9.90 Å². The molecule has 3 N–H and O–H groups in total. The summed E-state index contributed by atoms with van der Waals surface area (Å²) in [5, 5.41) is 8.99. The Morgan fingerprint density at radius 2 is 2.43 bits per heavy atom. The maximum Gasteiger partial charge on any atom is 0.308 e. The molecule has 0 aromatic carbocycles. The van der Waals surface area contributed by atoms with Crippen LogP contribution in [0.1, 0.15) is 25.3 Å². The average molecular weight is 195 g/mol. The number of nitrogen functional groups attached to an aromatic ring is 1. The Balaban J connectivity index is 2.21. The zero-order chi connectivity index (χ0) is 10.1. The average Bonchev–Trinajstić information content (AvgIpc) is 2.70. The Morgan fingerprint density at radius 1 is 1.64 bits per heavy atom. The Morgan fingerprint density at radius 3 is 3.00 bits per heavy atom. The third-order valence-electron chi connectivity index (χ3n) is 2.80. The minimum atomic E-state index is -0.722. The molecule has 1 fully saturated rings. The van der Waals surface area contributed by atoms with E-state index in [1.165, 1.54) is 0 Å². The number of anilines is 1. The highest BCUT2D eigenvalue weighted by Gasteiger charge is 2.33. The summed E-state index contributed by atoms with van der Waals surface area (Å²) in [6, 6.07) is 0.0253. The van der Waals surface area contributed by atoms with Crippen LogP contribution in [0, 0.1) is 5.92 Å². The van der Waals surface area contributed by atoms with Crippen molar-refractivity contribution in [3.63, 3.8) is 0 Å². The minimum Gasteiger partial charge on any atom is -0.481 e. The van der Waals surface area contributed by atoms with E-state index in [0.29, 0.717) is 5.82 Å². The lowest BCUT2D eigenvalue weighted by atomic mass is 10.0. The molecule has 0 amide bonds. The van der Waals surface area contributed by atoms with Gasteiger partial charge in [0.1, 0.15) is 5.82 Å². The van der Waals surface area contributed by atoms with E-state index in [9.17, 15) is 4.79 Å². The van der Waals surface area contributed by atoms with Crippen LogP contribution in [-0.4, -0.2) is 20.6 Å². The molecule has 0 spiro atoms. The van der Waals surface area contributed by atoms with Gasteiger partial charge in [-0.1, -0.05) is 6.42 Å². The molecule has 1 aliphatic carbocycles. The van der Waals surface area contributed by atoms with Crippen LogP contribution >= 0.6 is 0 Å². The van der Waals surface area contributed by atoms with Crippen LogP contribution < -0.4 is 5.73 Å². The van der Waals surface area contributed by atoms with E-state index >= 15 is 0 Å². The number of aliphatic carboxylic acids is 1. The maximum absolute atomic E-state index is 10.9. The summed E-state index contributed by atoms with van der Waals surface area (Å²) < 4.78 is 1.82. The third-order valence-corrected chi connectivity index (χ3v) is 2.80. The molecule has 1 heterocycles. The van der Waals surface area contributed by atoms with E-state index in [-0.39, 0.29) is 12.0 Å². The van der Waals surface area contributed by atoms with E-state index in [1.54, 1.807) is 12.5 Å². The quantitative estimate of drug-likeness (QED) is 0.734. The van der Waals surface area contributed by atoms with Gasteiger partial charge in [-0.15, -0.1) is 0 Å². The van der Waals surface area contributed by atoms with Crippen molar-refractivity contribution in [3.05, 3.63) is 12.5 Å². The minimum absolute atomic E-state index is 0.0253. The van der Waals surface area contributed by atoms with E-state index in [1.807, 2.05) is 4.57 Å². The Kier molecular flexibility index (Phi) is 2.15. The smallest absolute Gasteiger partial charge is 0.308 e. The number of carboxylic acids is 1. The molecule has 0 radical (unpaired) electrons. The molecule has 1 aromatic rings. The molecule has 2 unspecified atom stereocenters. The maximum atomic E-state index is 10.9. The summed E-state index contributed by atoms with van der Waals surface area (Å²) in [7, 11) is 0. The van der Waals surface area contributed by atoms with Crippen molar-refractivity contribution in [3.8, 4) is 0 Å². The van der Waals surface area contributed by atoms with Crippen molar-refractivity contribution in [2.75, 3.05) is 5.73 Å². The fraction of sp³-hybridized carbons (Fsp3) is 0.556. The summed E-state index contributed by atoms with van der Waals surface area (Å²) in [5.74, 6) is -0.565. The Hall–Kier alpha value is -1.52. The summed E-state index contributed by atoms with van der Waals surface area (Å²) in [6.45, 7) is 0. The van der Waals surface area contributed by atoms with Gasteiger partial charge in [0.15, 0.2) is 0 Å². The lowest BCUT2D eigenvalue weighted by Crippen LogP contribution is -2.20. The molecule has 5 nitrogen and oxygen atoms in total. The van der Waals surface area contributed by atoms with Crippen LogP contribution in [0.15, 0.2) is 12.5 Å². The van der Waals surface area contributed by atoms with Crippen LogP contribution in [0.3, 0.4) is 0 Å². The molecular weight excluding hydrogens is 182 g/mol. The zero-order valence-electron chi connectivity index (χ0n) is 7.76. The number of hydrogen-bond donors (Lipinski definition) is 2. The second-order valence-corrected chi connectivity index (χ2v) is 3.69. The highest BCUT2D eigenvalue weighted by atomic mass is 16.4. The first-order valence-corrected chi connectivity index (χ1v) is 4.70. The fourth-order valence-electron chi connectivity index (χ4n) is 2.12. The van der Waals surface area contributed by atoms with Crippen molar-refractivity contribution in [1.29, 1.82) is 0 Å². The standard InChI is InChI=1S/C9H13N3O2/c10-8-4-12(5-11-8)7-3-1-2-6(7)9(13)14/h4-7H,1-3,10H2,(H,13,14). The summed E-state index contributed by atoms with van der Waals surface area (Å²) in [5.41, 5.74) is 5.49. The first kappa shape index (κ1) is 9.05. The van der Waals surface area contributed by atoms with Gasteiger partial charge in [0.25, 0.3) is 0 Å². The van der Waals surface area contributed by atoms with Crippen LogP contribution in [0.2, 0.25) is 0 Å². The van der Waals surface area contributed by atoms with Gasteiger partial charge in [0, 0.05) is 12.2 Å². The number of nitrogens with two attached hydrogens (primary N) is 1. The lowest BCUT2D eigenvalue weighted by Gasteiger charge is -2.16. The molecule has 0 bridgehead atoms. The van der Waals surface area contributed by atoms with Gasteiger partial charge < -0.3 is 15.4 Å². The van der Waals surface area contributed by atoms with Gasteiger partial charge >= 0.3 is 5.97 Å². The number of carbonyl (C=O) groups is 1. The van der Waals surface area contributed by atoms with Crippen LogP contribution in [0.5, 0.6) is 0 Å². The number of aromatic nitrogens is 2. The van der Waals surface area contributed by atoms with Gasteiger partial charge in [0.2, 0.25) is 0 Å². The van der Waals surface area contributed by atoms with Crippen molar-refractivity contribution in [1.82, 2.24) is 9.55 Å².